The second-order valence-electron chi connectivity index (χ2n) is 8.74. The summed E-state index contributed by atoms with van der Waals surface area (Å²) in [5.74, 6) is 1.60. The highest BCUT2D eigenvalue weighted by Gasteiger charge is 2.40. The van der Waals surface area contributed by atoms with Crippen LogP contribution >= 0.6 is 12.8 Å². The van der Waals surface area contributed by atoms with Crippen molar-refractivity contribution < 1.29 is 9.63 Å². The molecule has 0 saturated carbocycles. The Morgan fingerprint density at radius 3 is 2.68 bits per heavy atom. The van der Waals surface area contributed by atoms with Crippen LogP contribution in [0.2, 0.25) is 0 Å². The van der Waals surface area contributed by atoms with Gasteiger partial charge in [-0.05, 0) is 43.3 Å². The van der Waals surface area contributed by atoms with Crippen molar-refractivity contribution >= 4 is 42.1 Å². The molecule has 1 heterocycles. The molecular formula is C25H26N4O4S. The molecule has 1 aliphatic heterocycles. The maximum atomic E-state index is 12.4. The summed E-state index contributed by atoms with van der Waals surface area (Å²) in [5.41, 5.74) is 2.08. The van der Waals surface area contributed by atoms with Crippen molar-refractivity contribution in [2.45, 2.75) is 51.9 Å². The minimum atomic E-state index is -0.754. The monoisotopic (exact) mass is 478 g/mol. The number of carbonyl (C=O) groups excluding carboxylic acids is 1. The molecule has 0 atom stereocenters. The highest BCUT2D eigenvalue weighted by Crippen LogP contribution is 2.48. The first kappa shape index (κ1) is 25.2. The van der Waals surface area contributed by atoms with Crippen molar-refractivity contribution in [2.24, 2.45) is 0 Å². The second kappa shape index (κ2) is 10.2. The number of carbonyl (C=O) groups is 1. The van der Waals surface area contributed by atoms with E-state index in [2.05, 4.69) is 52.2 Å². The van der Waals surface area contributed by atoms with E-state index in [1.807, 2.05) is 24.9 Å². The van der Waals surface area contributed by atoms with Crippen LogP contribution in [0.3, 0.4) is 0 Å². The van der Waals surface area contributed by atoms with E-state index in [1.54, 1.807) is 6.08 Å². The molecule has 0 saturated heterocycles. The van der Waals surface area contributed by atoms with E-state index in [-0.39, 0.29) is 29.2 Å². The molecule has 0 fully saturated rings. The summed E-state index contributed by atoms with van der Waals surface area (Å²) in [6, 6.07) is 6.20. The molecule has 2 N–H and O–H groups in total. The molecule has 34 heavy (non-hydrogen) atoms. The lowest BCUT2D eigenvalue weighted by atomic mass is 9.82. The van der Waals surface area contributed by atoms with E-state index >= 15 is 0 Å². The summed E-state index contributed by atoms with van der Waals surface area (Å²) in [6.07, 6.45) is 4.20. The number of hydrogen-bond acceptors (Lipinski definition) is 8. The fraction of sp³-hybridized carbons (Fsp3) is 0.360. The number of anilines is 1. The number of hydrogen-bond donors (Lipinski definition) is 3. The molecule has 9 heteroatoms. The molecule has 0 aliphatic carbocycles. The Kier molecular flexibility index (Phi) is 7.57. The van der Waals surface area contributed by atoms with E-state index in [1.165, 1.54) is 0 Å². The van der Waals surface area contributed by atoms with Gasteiger partial charge in [0, 0.05) is 35.3 Å². The van der Waals surface area contributed by atoms with Gasteiger partial charge in [0.05, 0.1) is 12.1 Å². The quantitative estimate of drug-likeness (QED) is 0.127. The van der Waals surface area contributed by atoms with Crippen LogP contribution in [0.15, 0.2) is 33.5 Å². The van der Waals surface area contributed by atoms with Crippen molar-refractivity contribution in [1.82, 2.24) is 4.89 Å². The second-order valence-corrected chi connectivity index (χ2v) is 8.92. The van der Waals surface area contributed by atoms with E-state index in [4.69, 9.17) is 12.0 Å². The van der Waals surface area contributed by atoms with Crippen LogP contribution in [0.25, 0.3) is 16.6 Å². The van der Waals surface area contributed by atoms with Crippen LogP contribution in [-0.2, 0) is 15.0 Å². The van der Waals surface area contributed by atoms with Gasteiger partial charge in [-0.1, -0.05) is 55.7 Å². The number of thiol groups is 1. The van der Waals surface area contributed by atoms with Gasteiger partial charge in [0.15, 0.2) is 0 Å². The SMILES string of the molecule is [C-]#[N+]C(=C=N)c1c(C=C2N(CCCCCC(=O)ONS)c3ccc(C)cc3C2(C)C)c(=O)c1=O. The molecule has 0 amide bonds. The van der Waals surface area contributed by atoms with Gasteiger partial charge in [-0.3, -0.25) is 19.8 Å². The Labute approximate surface area is 203 Å². The molecular weight excluding hydrogens is 452 g/mol. The molecule has 0 radical (unpaired) electrons. The summed E-state index contributed by atoms with van der Waals surface area (Å²) >= 11 is 3.64. The number of aryl methyl sites for hydroxylation is 1. The minimum Gasteiger partial charge on any atom is -0.360 e. The van der Waals surface area contributed by atoms with Gasteiger partial charge in [-0.15, -0.1) is 0 Å². The first-order valence-corrected chi connectivity index (χ1v) is 11.3. The van der Waals surface area contributed by atoms with Crippen molar-refractivity contribution in [3.63, 3.8) is 0 Å². The predicted molar refractivity (Wildman–Crippen MR) is 135 cm³/mol. The van der Waals surface area contributed by atoms with Gasteiger partial charge in [0.2, 0.25) is 10.9 Å². The molecule has 0 bridgehead atoms. The van der Waals surface area contributed by atoms with E-state index in [0.29, 0.717) is 13.0 Å². The largest absolute Gasteiger partial charge is 0.360 e. The maximum absolute atomic E-state index is 12.4. The Balaban J connectivity index is 1.95. The number of nitrogens with zero attached hydrogens (tertiary/aromatic N) is 2. The van der Waals surface area contributed by atoms with Crippen molar-refractivity contribution in [2.75, 3.05) is 11.4 Å². The molecule has 2 aromatic rings. The average molecular weight is 479 g/mol. The topological polar surface area (TPSA) is 104 Å². The van der Waals surface area contributed by atoms with Gasteiger partial charge in [-0.2, -0.15) is 0 Å². The highest BCUT2D eigenvalue weighted by molar-refractivity contribution is 7.77. The van der Waals surface area contributed by atoms with E-state index in [9.17, 15) is 14.4 Å². The van der Waals surface area contributed by atoms with E-state index < -0.39 is 16.3 Å². The highest BCUT2D eigenvalue weighted by atomic mass is 32.1. The lowest BCUT2D eigenvalue weighted by Crippen LogP contribution is -2.38. The van der Waals surface area contributed by atoms with Crippen LogP contribution in [0.1, 0.15) is 61.8 Å². The van der Waals surface area contributed by atoms with Crippen LogP contribution in [0, 0.1) is 18.9 Å². The first-order chi connectivity index (χ1) is 16.2. The minimum absolute atomic E-state index is 0.0401. The smallest absolute Gasteiger partial charge is 0.325 e. The Morgan fingerprint density at radius 2 is 2.03 bits per heavy atom. The van der Waals surface area contributed by atoms with Gasteiger partial charge in [0.1, 0.15) is 0 Å². The number of allylic oxidation sites excluding steroid dienone is 1. The first-order valence-electron chi connectivity index (χ1n) is 10.9. The summed E-state index contributed by atoms with van der Waals surface area (Å²) < 4.78 is 0. The third-order valence-electron chi connectivity index (χ3n) is 6.16. The fourth-order valence-corrected chi connectivity index (χ4v) is 4.48. The molecule has 1 aliphatic rings. The molecule has 8 nitrogen and oxygen atoms in total. The van der Waals surface area contributed by atoms with Gasteiger partial charge >= 0.3 is 5.97 Å². The molecule has 2 aromatic carbocycles. The Morgan fingerprint density at radius 1 is 1.29 bits per heavy atom. The number of unbranched alkanes of at least 4 members (excludes halogenated alkanes) is 2. The molecule has 176 valence electrons. The summed E-state index contributed by atoms with van der Waals surface area (Å²) in [7, 11) is 0. The fourth-order valence-electron chi connectivity index (χ4n) is 4.37. The van der Waals surface area contributed by atoms with Crippen LogP contribution < -0.4 is 20.6 Å². The van der Waals surface area contributed by atoms with Crippen LogP contribution in [-0.4, -0.2) is 18.4 Å². The normalized spacial score (nSPS) is 15.1. The van der Waals surface area contributed by atoms with Crippen LogP contribution in [0.4, 0.5) is 5.69 Å². The lowest BCUT2D eigenvalue weighted by molar-refractivity contribution is -0.146. The van der Waals surface area contributed by atoms with Crippen LogP contribution in [0.5, 0.6) is 0 Å². The van der Waals surface area contributed by atoms with Crippen molar-refractivity contribution in [3.05, 3.63) is 78.0 Å². The Bertz CT molecular complexity index is 1320. The third kappa shape index (κ3) is 4.62. The molecule has 0 aromatic heterocycles. The van der Waals surface area contributed by atoms with Crippen molar-refractivity contribution in [3.8, 4) is 0 Å². The third-order valence-corrected chi connectivity index (χ3v) is 6.26. The van der Waals surface area contributed by atoms with Crippen molar-refractivity contribution in [1.29, 1.82) is 5.41 Å². The standard InChI is InChI=1S/C25H26N4O4S/c1-15-9-10-19-17(12-15)25(2,3)20(29(19)11-7-5-6-8-21(30)33-28-34)13-16-22(18(14-26)27-4)24(32)23(16)31/h9-10,12-13,26,28,34H,5-8,11H2,1-3H3. The average Bonchev–Trinajstić information content (AvgIpc) is 3.01. The predicted octanol–water partition coefficient (Wildman–Crippen LogP) is 3.69. The summed E-state index contributed by atoms with van der Waals surface area (Å²) in [5, 5.41) is 7.32. The summed E-state index contributed by atoms with van der Waals surface area (Å²) in [6.45, 7) is 14.0. The van der Waals surface area contributed by atoms with E-state index in [0.717, 1.165) is 35.4 Å². The lowest BCUT2D eigenvalue weighted by Gasteiger charge is -2.28. The Hall–Kier alpha value is -3.44. The number of fused-ring (bicyclic) bond motifs is 1. The molecule has 3 rings (SSSR count). The molecule has 0 spiro atoms. The molecule has 0 unspecified atom stereocenters. The maximum Gasteiger partial charge on any atom is 0.325 e. The number of rotatable bonds is 9. The zero-order valence-corrected chi connectivity index (χ0v) is 20.2. The number of benzene rings is 1. The zero-order chi connectivity index (χ0) is 25.0. The van der Waals surface area contributed by atoms with Gasteiger partial charge < -0.3 is 9.74 Å². The van der Waals surface area contributed by atoms with Gasteiger partial charge in [0.25, 0.3) is 5.70 Å². The van der Waals surface area contributed by atoms with Gasteiger partial charge in [-0.25, -0.2) is 4.85 Å². The summed E-state index contributed by atoms with van der Waals surface area (Å²) in [4.78, 5) is 48.1. The zero-order valence-electron chi connectivity index (χ0n) is 19.3. The number of nitrogens with one attached hydrogen (secondary N) is 2.